The number of anilines is 1. The molecule has 1 heterocycles. The molecule has 3 rings (SSSR count). The third-order valence-corrected chi connectivity index (χ3v) is 7.22. The number of hydrazine groups is 1. The Morgan fingerprint density at radius 2 is 1.86 bits per heavy atom. The molecule has 2 fully saturated rings. The van der Waals surface area contributed by atoms with Crippen LogP contribution in [0.1, 0.15) is 62.0 Å². The molecule has 1 saturated carbocycles. The molecule has 0 spiro atoms. The van der Waals surface area contributed by atoms with Gasteiger partial charge in [-0.1, -0.05) is 12.1 Å². The van der Waals surface area contributed by atoms with Crippen LogP contribution in [0.4, 0.5) is 5.69 Å². The molecule has 1 aliphatic carbocycles. The van der Waals surface area contributed by atoms with Gasteiger partial charge in [-0.3, -0.25) is 5.84 Å². The number of nitrogens with zero attached hydrogens (tertiary/aromatic N) is 1. The number of benzene rings is 1. The fourth-order valence-corrected chi connectivity index (χ4v) is 5.54. The average Bonchev–Trinajstić information content (AvgIpc) is 2.69. The van der Waals surface area contributed by atoms with Crippen LogP contribution < -0.4 is 21.9 Å². The lowest BCUT2D eigenvalue weighted by atomic mass is 9.83. The molecule has 0 bridgehead atoms. The van der Waals surface area contributed by atoms with Gasteiger partial charge in [-0.05, 0) is 75.0 Å². The number of carboxylic acid groups (broad SMARTS) is 1. The molecule has 2 aliphatic rings. The van der Waals surface area contributed by atoms with E-state index >= 15 is 0 Å². The van der Waals surface area contributed by atoms with E-state index in [4.69, 9.17) is 16.7 Å². The van der Waals surface area contributed by atoms with Crippen molar-refractivity contribution in [1.82, 2.24) is 5.43 Å². The van der Waals surface area contributed by atoms with Crippen molar-refractivity contribution in [3.8, 4) is 0 Å². The van der Waals surface area contributed by atoms with Crippen LogP contribution in [-0.2, 0) is 4.79 Å². The van der Waals surface area contributed by atoms with E-state index in [0.717, 1.165) is 25.7 Å². The van der Waals surface area contributed by atoms with Gasteiger partial charge in [-0.15, -0.1) is 11.8 Å². The quantitative estimate of drug-likeness (QED) is 0.327. The standard InChI is InChI=1S/C21H32N4O2S/c1-14-13-16(7-10-18(14)25-11-3-2-4-12-25)15-5-8-17(9-6-15)28-20(22)19(24-23)21(26)27/h7,10,13,15,17,24H,2-6,8-9,11-12,22-23H2,1H3,(H,26,27)/b20-19+. The zero-order valence-corrected chi connectivity index (χ0v) is 17.4. The lowest BCUT2D eigenvalue weighted by molar-refractivity contribution is -0.133. The lowest BCUT2D eigenvalue weighted by Crippen LogP contribution is -2.30. The molecule has 6 N–H and O–H groups in total. The number of thioether (sulfide) groups is 1. The van der Waals surface area contributed by atoms with Gasteiger partial charge in [0, 0.05) is 24.0 Å². The summed E-state index contributed by atoms with van der Waals surface area (Å²) in [6.45, 7) is 4.58. The fraction of sp³-hybridized carbons (Fsp3) is 0.571. The van der Waals surface area contributed by atoms with Crippen LogP contribution >= 0.6 is 11.8 Å². The third-order valence-electron chi connectivity index (χ3n) is 5.96. The van der Waals surface area contributed by atoms with Crippen LogP contribution in [0.25, 0.3) is 0 Å². The Hall–Kier alpha value is -1.86. The summed E-state index contributed by atoms with van der Waals surface area (Å²) in [6, 6.07) is 6.99. The second-order valence-electron chi connectivity index (χ2n) is 7.87. The maximum atomic E-state index is 11.1. The molecule has 1 aliphatic heterocycles. The van der Waals surface area contributed by atoms with E-state index in [1.807, 2.05) is 0 Å². The summed E-state index contributed by atoms with van der Waals surface area (Å²) in [4.78, 5) is 13.7. The zero-order chi connectivity index (χ0) is 20.1. The summed E-state index contributed by atoms with van der Waals surface area (Å²) in [5.41, 5.74) is 12.2. The molecular weight excluding hydrogens is 372 g/mol. The number of piperidine rings is 1. The second kappa shape index (κ2) is 9.56. The molecule has 28 heavy (non-hydrogen) atoms. The summed E-state index contributed by atoms with van der Waals surface area (Å²) < 4.78 is 0. The van der Waals surface area contributed by atoms with Crippen molar-refractivity contribution in [3.05, 3.63) is 40.1 Å². The minimum atomic E-state index is -1.12. The number of hydrogen-bond acceptors (Lipinski definition) is 6. The topological polar surface area (TPSA) is 105 Å². The highest BCUT2D eigenvalue weighted by molar-refractivity contribution is 8.03. The minimum Gasteiger partial charge on any atom is -0.476 e. The Bertz CT molecular complexity index is 723. The first-order chi connectivity index (χ1) is 13.5. The van der Waals surface area contributed by atoms with Crippen molar-refractivity contribution in [1.29, 1.82) is 0 Å². The number of aliphatic carboxylic acids is 1. The van der Waals surface area contributed by atoms with Gasteiger partial charge in [-0.2, -0.15) is 0 Å². The number of carboxylic acids is 1. The van der Waals surface area contributed by atoms with Crippen LogP contribution in [0.2, 0.25) is 0 Å². The van der Waals surface area contributed by atoms with Crippen molar-refractivity contribution in [3.63, 3.8) is 0 Å². The van der Waals surface area contributed by atoms with Gasteiger partial charge < -0.3 is 21.2 Å². The largest absolute Gasteiger partial charge is 0.476 e. The molecule has 6 nitrogen and oxygen atoms in total. The Labute approximate surface area is 171 Å². The van der Waals surface area contributed by atoms with Gasteiger partial charge >= 0.3 is 5.97 Å². The van der Waals surface area contributed by atoms with E-state index in [-0.39, 0.29) is 10.7 Å². The Morgan fingerprint density at radius 3 is 2.43 bits per heavy atom. The molecule has 0 atom stereocenters. The van der Waals surface area contributed by atoms with Crippen LogP contribution in [0.3, 0.4) is 0 Å². The zero-order valence-electron chi connectivity index (χ0n) is 16.6. The smallest absolute Gasteiger partial charge is 0.356 e. The molecule has 0 aromatic heterocycles. The SMILES string of the molecule is Cc1cc(C2CCC(S/C(N)=C(/NN)C(=O)O)CC2)ccc1N1CCCCC1. The predicted octanol–water partition coefficient (Wildman–Crippen LogP) is 3.42. The average molecular weight is 405 g/mol. The fourth-order valence-electron chi connectivity index (χ4n) is 4.41. The highest BCUT2D eigenvalue weighted by atomic mass is 32.2. The summed E-state index contributed by atoms with van der Waals surface area (Å²) >= 11 is 1.43. The normalized spacial score (nSPS) is 23.9. The monoisotopic (exact) mass is 404 g/mol. The first-order valence-electron chi connectivity index (χ1n) is 10.2. The highest BCUT2D eigenvalue weighted by Gasteiger charge is 2.25. The van der Waals surface area contributed by atoms with E-state index in [1.165, 1.54) is 60.9 Å². The molecule has 0 unspecified atom stereocenters. The van der Waals surface area contributed by atoms with E-state index in [2.05, 4.69) is 35.4 Å². The summed E-state index contributed by atoms with van der Waals surface area (Å²) in [5.74, 6) is 4.72. The Balaban J connectivity index is 1.59. The summed E-state index contributed by atoms with van der Waals surface area (Å²) in [7, 11) is 0. The summed E-state index contributed by atoms with van der Waals surface area (Å²) in [5, 5.41) is 9.71. The molecule has 0 amide bonds. The van der Waals surface area contributed by atoms with Crippen molar-refractivity contribution < 1.29 is 9.90 Å². The lowest BCUT2D eigenvalue weighted by Gasteiger charge is -2.32. The van der Waals surface area contributed by atoms with Gasteiger partial charge in [0.15, 0.2) is 5.70 Å². The number of nitrogens with two attached hydrogens (primary N) is 2. The van der Waals surface area contributed by atoms with E-state index in [0.29, 0.717) is 11.2 Å². The first-order valence-corrected chi connectivity index (χ1v) is 11.1. The van der Waals surface area contributed by atoms with Gasteiger partial charge in [0.25, 0.3) is 0 Å². The van der Waals surface area contributed by atoms with Gasteiger partial charge in [0.05, 0.1) is 5.03 Å². The van der Waals surface area contributed by atoms with E-state index in [1.54, 1.807) is 0 Å². The van der Waals surface area contributed by atoms with Crippen LogP contribution in [-0.4, -0.2) is 29.4 Å². The molecule has 0 radical (unpaired) electrons. The molecule has 1 aromatic carbocycles. The van der Waals surface area contributed by atoms with Crippen molar-refractivity contribution in [2.45, 2.75) is 63.0 Å². The molecule has 1 saturated heterocycles. The maximum absolute atomic E-state index is 11.1. The molecular formula is C21H32N4O2S. The van der Waals surface area contributed by atoms with Crippen molar-refractivity contribution in [2.24, 2.45) is 11.6 Å². The van der Waals surface area contributed by atoms with Crippen LogP contribution in [0.15, 0.2) is 28.9 Å². The van der Waals surface area contributed by atoms with E-state index in [9.17, 15) is 4.79 Å². The minimum absolute atomic E-state index is 0.115. The van der Waals surface area contributed by atoms with Crippen LogP contribution in [0, 0.1) is 6.92 Å². The number of aryl methyl sites for hydroxylation is 1. The van der Waals surface area contributed by atoms with Crippen molar-refractivity contribution >= 4 is 23.4 Å². The highest BCUT2D eigenvalue weighted by Crippen LogP contribution is 2.40. The third kappa shape index (κ3) is 4.94. The van der Waals surface area contributed by atoms with E-state index < -0.39 is 5.97 Å². The van der Waals surface area contributed by atoms with Gasteiger partial charge in [0.2, 0.25) is 0 Å². The Kier molecular flexibility index (Phi) is 7.13. The van der Waals surface area contributed by atoms with Gasteiger partial charge in [0.1, 0.15) is 0 Å². The van der Waals surface area contributed by atoms with Crippen molar-refractivity contribution in [2.75, 3.05) is 18.0 Å². The summed E-state index contributed by atoms with van der Waals surface area (Å²) in [6.07, 6.45) is 8.20. The predicted molar refractivity (Wildman–Crippen MR) is 116 cm³/mol. The molecule has 154 valence electrons. The first kappa shape index (κ1) is 20.9. The molecule has 7 heteroatoms. The van der Waals surface area contributed by atoms with Gasteiger partial charge in [-0.25, -0.2) is 4.79 Å². The number of hydrogen-bond donors (Lipinski definition) is 4. The number of carbonyl (C=O) groups is 1. The number of rotatable bonds is 6. The molecule has 1 aromatic rings. The maximum Gasteiger partial charge on any atom is 0.356 e. The Morgan fingerprint density at radius 1 is 1.18 bits per heavy atom. The second-order valence-corrected chi connectivity index (χ2v) is 9.22. The van der Waals surface area contributed by atoms with Crippen LogP contribution in [0.5, 0.6) is 0 Å². The number of nitrogens with one attached hydrogen (secondary N) is 1.